The van der Waals surface area contributed by atoms with Crippen molar-refractivity contribution in [2.24, 2.45) is 0 Å². The van der Waals surface area contributed by atoms with Crippen LogP contribution in [0.15, 0.2) is 53.4 Å². The lowest BCUT2D eigenvalue weighted by Gasteiger charge is -2.16. The smallest absolute Gasteiger partial charge is 0.339 e. The van der Waals surface area contributed by atoms with Crippen LogP contribution in [-0.2, 0) is 19.4 Å². The van der Waals surface area contributed by atoms with E-state index in [1.807, 2.05) is 0 Å². The Morgan fingerprint density at radius 3 is 2.41 bits per heavy atom. The molecule has 27 heavy (non-hydrogen) atoms. The Hall–Kier alpha value is -2.38. The summed E-state index contributed by atoms with van der Waals surface area (Å²) in [6, 6.07) is 12.5. The van der Waals surface area contributed by atoms with Gasteiger partial charge in [-0.25, -0.2) is 13.2 Å². The zero-order valence-electron chi connectivity index (χ0n) is 14.9. The fraction of sp³-hybridized carbons (Fsp3) is 0.263. The number of amides is 1. The summed E-state index contributed by atoms with van der Waals surface area (Å²) in [5, 5.41) is 3.20. The highest BCUT2D eigenvalue weighted by Crippen LogP contribution is 2.22. The maximum Gasteiger partial charge on any atom is 0.339 e. The van der Waals surface area contributed by atoms with Crippen LogP contribution in [0.3, 0.4) is 0 Å². The Labute approximate surface area is 163 Å². The molecule has 6 nitrogen and oxygen atoms in total. The average Bonchev–Trinajstić information content (AvgIpc) is 2.66. The third-order valence-corrected chi connectivity index (χ3v) is 6.04. The quantitative estimate of drug-likeness (QED) is 0.709. The first-order valence-corrected chi connectivity index (χ1v) is 10.3. The van der Waals surface area contributed by atoms with Gasteiger partial charge in [0.15, 0.2) is 16.4 Å². The summed E-state index contributed by atoms with van der Waals surface area (Å²) in [5.74, 6) is -1.54. The topological polar surface area (TPSA) is 89.5 Å². The monoisotopic (exact) mass is 409 g/mol. The van der Waals surface area contributed by atoms with Crippen LogP contribution in [0.4, 0.5) is 0 Å². The minimum absolute atomic E-state index is 0.0914. The highest BCUT2D eigenvalue weighted by molar-refractivity contribution is 7.91. The molecule has 0 fully saturated rings. The second kappa shape index (κ2) is 9.01. The Morgan fingerprint density at radius 1 is 1.11 bits per heavy atom. The molecule has 0 saturated heterocycles. The van der Waals surface area contributed by atoms with Crippen LogP contribution in [0.2, 0.25) is 5.02 Å². The summed E-state index contributed by atoms with van der Waals surface area (Å²) in [6.45, 7) is 2.71. The molecule has 0 heterocycles. The number of nitrogens with one attached hydrogen (secondary N) is 1. The lowest BCUT2D eigenvalue weighted by atomic mass is 10.1. The average molecular weight is 410 g/mol. The third-order valence-electron chi connectivity index (χ3n) is 3.91. The molecule has 0 aliphatic carbocycles. The van der Waals surface area contributed by atoms with Crippen molar-refractivity contribution in [3.63, 3.8) is 0 Å². The molecule has 0 saturated carbocycles. The van der Waals surface area contributed by atoms with Crippen LogP contribution in [0.1, 0.15) is 35.8 Å². The number of rotatable bonds is 7. The molecule has 2 aromatic rings. The zero-order chi connectivity index (χ0) is 20.0. The summed E-state index contributed by atoms with van der Waals surface area (Å²) in [4.78, 5) is 24.2. The van der Waals surface area contributed by atoms with Crippen LogP contribution in [0, 0.1) is 0 Å². The van der Waals surface area contributed by atoms with E-state index in [9.17, 15) is 18.0 Å². The van der Waals surface area contributed by atoms with Gasteiger partial charge in [0.1, 0.15) is 0 Å². The Morgan fingerprint density at radius 2 is 1.74 bits per heavy atom. The summed E-state index contributed by atoms with van der Waals surface area (Å²) in [5.41, 5.74) is 0.643. The number of carbonyl (C=O) groups excluding carboxylic acids is 2. The van der Waals surface area contributed by atoms with E-state index >= 15 is 0 Å². The van der Waals surface area contributed by atoms with Crippen LogP contribution < -0.4 is 5.32 Å². The summed E-state index contributed by atoms with van der Waals surface area (Å²) >= 11 is 6.09. The van der Waals surface area contributed by atoms with Gasteiger partial charge < -0.3 is 10.1 Å². The van der Waals surface area contributed by atoms with E-state index in [1.54, 1.807) is 31.2 Å². The lowest BCUT2D eigenvalue weighted by molar-refractivity contribution is -0.124. The van der Waals surface area contributed by atoms with Crippen molar-refractivity contribution < 1.29 is 22.7 Å². The zero-order valence-corrected chi connectivity index (χ0v) is 16.5. The molecule has 2 rings (SSSR count). The number of benzene rings is 2. The highest BCUT2D eigenvalue weighted by Gasteiger charge is 2.22. The molecular weight excluding hydrogens is 390 g/mol. The standard InChI is InChI=1S/C19H20ClNO5S/c1-3-27(24,25)17-11-7-5-9-15(17)19(23)26-12-18(22)21-13(2)14-8-4-6-10-16(14)20/h4-11,13H,3,12H2,1-2H3,(H,21,22)/t13-/m0/s1. The molecule has 0 aliphatic heterocycles. The number of hydrogen-bond acceptors (Lipinski definition) is 5. The van der Waals surface area contributed by atoms with Gasteiger partial charge in [-0.3, -0.25) is 4.79 Å². The van der Waals surface area contributed by atoms with Gasteiger partial charge in [0, 0.05) is 5.02 Å². The minimum atomic E-state index is -3.59. The second-order valence-electron chi connectivity index (χ2n) is 5.79. The van der Waals surface area contributed by atoms with Crippen molar-refractivity contribution in [2.75, 3.05) is 12.4 Å². The molecule has 0 unspecified atom stereocenters. The van der Waals surface area contributed by atoms with Gasteiger partial charge in [-0.2, -0.15) is 0 Å². The lowest BCUT2D eigenvalue weighted by Crippen LogP contribution is -2.31. The molecule has 0 aliphatic rings. The van der Waals surface area contributed by atoms with Gasteiger partial charge in [-0.15, -0.1) is 0 Å². The van der Waals surface area contributed by atoms with Crippen LogP contribution >= 0.6 is 11.6 Å². The number of halogens is 1. The van der Waals surface area contributed by atoms with E-state index < -0.39 is 28.3 Å². The SMILES string of the molecule is CCS(=O)(=O)c1ccccc1C(=O)OCC(=O)N[C@@H](C)c1ccccc1Cl. The van der Waals surface area contributed by atoms with E-state index in [0.717, 1.165) is 5.56 Å². The van der Waals surface area contributed by atoms with E-state index in [0.29, 0.717) is 5.02 Å². The molecule has 0 bridgehead atoms. The van der Waals surface area contributed by atoms with Crippen LogP contribution in [-0.4, -0.2) is 32.7 Å². The Balaban J connectivity index is 2.02. The Kier molecular flexibility index (Phi) is 6.98. The fourth-order valence-electron chi connectivity index (χ4n) is 2.46. The van der Waals surface area contributed by atoms with Gasteiger partial charge in [-0.05, 0) is 30.7 Å². The largest absolute Gasteiger partial charge is 0.452 e. The first kappa shape index (κ1) is 20.9. The van der Waals surface area contributed by atoms with Crippen molar-refractivity contribution >= 4 is 33.3 Å². The molecule has 144 valence electrons. The Bertz CT molecular complexity index is 943. The number of esters is 1. The second-order valence-corrected chi connectivity index (χ2v) is 8.44. The maximum absolute atomic E-state index is 12.3. The fourth-order valence-corrected chi connectivity index (χ4v) is 3.84. The number of ether oxygens (including phenoxy) is 1. The first-order chi connectivity index (χ1) is 12.8. The first-order valence-electron chi connectivity index (χ1n) is 8.29. The van der Waals surface area contributed by atoms with Crippen molar-refractivity contribution in [3.8, 4) is 0 Å². The highest BCUT2D eigenvalue weighted by atomic mass is 35.5. The summed E-state index contributed by atoms with van der Waals surface area (Å²) in [7, 11) is -3.59. The van der Waals surface area contributed by atoms with Crippen molar-refractivity contribution in [1.29, 1.82) is 0 Å². The number of carbonyl (C=O) groups is 2. The van der Waals surface area contributed by atoms with Crippen LogP contribution in [0.25, 0.3) is 0 Å². The summed E-state index contributed by atoms with van der Waals surface area (Å²) in [6.07, 6.45) is 0. The van der Waals surface area contributed by atoms with Crippen molar-refractivity contribution in [2.45, 2.75) is 24.8 Å². The molecule has 0 aromatic heterocycles. The molecule has 8 heteroatoms. The maximum atomic E-state index is 12.3. The van der Waals surface area contributed by atoms with Crippen molar-refractivity contribution in [3.05, 3.63) is 64.7 Å². The van der Waals surface area contributed by atoms with Gasteiger partial charge in [-0.1, -0.05) is 48.9 Å². The van der Waals surface area contributed by atoms with Gasteiger partial charge in [0.2, 0.25) is 0 Å². The van der Waals surface area contributed by atoms with E-state index in [2.05, 4.69) is 5.32 Å². The molecule has 0 spiro atoms. The molecule has 1 atom stereocenters. The molecule has 2 aromatic carbocycles. The minimum Gasteiger partial charge on any atom is -0.452 e. The van der Waals surface area contributed by atoms with Gasteiger partial charge >= 0.3 is 5.97 Å². The molecule has 1 amide bonds. The third kappa shape index (κ3) is 5.30. The van der Waals surface area contributed by atoms with E-state index in [4.69, 9.17) is 16.3 Å². The van der Waals surface area contributed by atoms with Crippen LogP contribution in [0.5, 0.6) is 0 Å². The number of sulfone groups is 1. The van der Waals surface area contributed by atoms with Gasteiger partial charge in [0.05, 0.1) is 22.3 Å². The summed E-state index contributed by atoms with van der Waals surface area (Å²) < 4.78 is 29.2. The van der Waals surface area contributed by atoms with Crippen molar-refractivity contribution in [1.82, 2.24) is 5.32 Å². The van der Waals surface area contributed by atoms with E-state index in [-0.39, 0.29) is 22.3 Å². The van der Waals surface area contributed by atoms with E-state index in [1.165, 1.54) is 31.2 Å². The number of hydrogen-bond donors (Lipinski definition) is 1. The predicted molar refractivity (Wildman–Crippen MR) is 102 cm³/mol. The van der Waals surface area contributed by atoms with Gasteiger partial charge in [0.25, 0.3) is 5.91 Å². The molecule has 1 N–H and O–H groups in total. The predicted octanol–water partition coefficient (Wildman–Crippen LogP) is 3.17. The molecule has 0 radical (unpaired) electrons. The molecular formula is C19H20ClNO5S. The normalized spacial score (nSPS) is 12.3.